The molecule has 1 heterocycles. The zero-order valence-corrected chi connectivity index (χ0v) is 12.9. The minimum absolute atomic E-state index is 0.546. The third-order valence-corrected chi connectivity index (χ3v) is 7.51. The number of likely N-dealkylation sites (tertiary alicyclic amines) is 1. The van der Waals surface area contributed by atoms with Gasteiger partial charge in [-0.05, 0) is 55.3 Å². The molecule has 1 saturated heterocycles. The molecule has 2 nitrogen and oxygen atoms in total. The fourth-order valence-electron chi connectivity index (χ4n) is 5.43. The zero-order valence-electron chi connectivity index (χ0n) is 12.9. The standard InChI is InChI=1S/C17H30N2/c1-16(2)12-6-8-17(16,3)15(10-12)18-13-7-9-19(11-13)14-4-5-14/h12-15,18H,4-11H2,1-3H3. The first-order valence-corrected chi connectivity index (χ1v) is 8.51. The molecule has 0 aromatic rings. The number of fused-ring (bicyclic) bond motifs is 2. The lowest BCUT2D eigenvalue weighted by Gasteiger charge is -2.40. The van der Waals surface area contributed by atoms with E-state index in [2.05, 4.69) is 31.0 Å². The molecule has 4 unspecified atom stereocenters. The normalized spacial score (nSPS) is 49.1. The molecule has 3 saturated carbocycles. The van der Waals surface area contributed by atoms with Crippen molar-refractivity contribution in [1.29, 1.82) is 0 Å². The molecule has 0 aromatic carbocycles. The molecule has 4 rings (SSSR count). The van der Waals surface area contributed by atoms with E-state index in [9.17, 15) is 0 Å². The summed E-state index contributed by atoms with van der Waals surface area (Å²) in [6.45, 7) is 10.3. The van der Waals surface area contributed by atoms with Crippen LogP contribution in [0.15, 0.2) is 0 Å². The summed E-state index contributed by atoms with van der Waals surface area (Å²) in [5.41, 5.74) is 1.10. The summed E-state index contributed by atoms with van der Waals surface area (Å²) >= 11 is 0. The fraction of sp³-hybridized carbons (Fsp3) is 1.00. The van der Waals surface area contributed by atoms with E-state index in [1.54, 1.807) is 0 Å². The second-order valence-corrected chi connectivity index (χ2v) is 8.54. The van der Waals surface area contributed by atoms with Crippen molar-refractivity contribution in [1.82, 2.24) is 10.2 Å². The van der Waals surface area contributed by atoms with Gasteiger partial charge in [-0.3, -0.25) is 4.90 Å². The maximum absolute atomic E-state index is 4.08. The Morgan fingerprint density at radius 2 is 1.84 bits per heavy atom. The molecule has 4 atom stereocenters. The van der Waals surface area contributed by atoms with Crippen LogP contribution in [-0.4, -0.2) is 36.1 Å². The topological polar surface area (TPSA) is 15.3 Å². The van der Waals surface area contributed by atoms with Gasteiger partial charge < -0.3 is 5.32 Å². The minimum atomic E-state index is 0.546. The number of nitrogens with one attached hydrogen (secondary N) is 1. The molecule has 0 spiro atoms. The van der Waals surface area contributed by atoms with Gasteiger partial charge in [0.05, 0.1) is 0 Å². The van der Waals surface area contributed by atoms with Gasteiger partial charge in [-0.25, -0.2) is 0 Å². The van der Waals surface area contributed by atoms with E-state index in [0.717, 1.165) is 24.0 Å². The predicted molar refractivity (Wildman–Crippen MR) is 79.2 cm³/mol. The zero-order chi connectivity index (χ0) is 13.3. The van der Waals surface area contributed by atoms with Crippen molar-refractivity contribution >= 4 is 0 Å². The van der Waals surface area contributed by atoms with Gasteiger partial charge in [0.2, 0.25) is 0 Å². The van der Waals surface area contributed by atoms with Crippen molar-refractivity contribution in [2.24, 2.45) is 16.7 Å². The Bertz CT molecular complexity index is 373. The van der Waals surface area contributed by atoms with Gasteiger partial charge in [-0.15, -0.1) is 0 Å². The summed E-state index contributed by atoms with van der Waals surface area (Å²) < 4.78 is 0. The van der Waals surface area contributed by atoms with Gasteiger partial charge in [0, 0.05) is 31.2 Å². The molecule has 19 heavy (non-hydrogen) atoms. The van der Waals surface area contributed by atoms with Crippen LogP contribution in [0.1, 0.15) is 59.3 Å². The van der Waals surface area contributed by atoms with Crippen LogP contribution in [0.5, 0.6) is 0 Å². The molecular formula is C17H30N2. The molecule has 1 N–H and O–H groups in total. The lowest BCUT2D eigenvalue weighted by Crippen LogP contribution is -2.49. The molecule has 2 bridgehead atoms. The van der Waals surface area contributed by atoms with Gasteiger partial charge in [0.1, 0.15) is 0 Å². The summed E-state index contributed by atoms with van der Waals surface area (Å²) in [6, 6.07) is 2.52. The monoisotopic (exact) mass is 262 g/mol. The van der Waals surface area contributed by atoms with Crippen LogP contribution >= 0.6 is 0 Å². The Balaban J connectivity index is 1.42. The van der Waals surface area contributed by atoms with Crippen molar-refractivity contribution in [2.45, 2.75) is 77.4 Å². The van der Waals surface area contributed by atoms with Crippen LogP contribution in [0.25, 0.3) is 0 Å². The smallest absolute Gasteiger partial charge is 0.0210 e. The van der Waals surface area contributed by atoms with E-state index in [1.165, 1.54) is 51.6 Å². The second kappa shape index (κ2) is 3.98. The highest BCUT2D eigenvalue weighted by Gasteiger charge is 2.61. The second-order valence-electron chi connectivity index (χ2n) is 8.54. The summed E-state index contributed by atoms with van der Waals surface area (Å²) in [7, 11) is 0. The highest BCUT2D eigenvalue weighted by atomic mass is 15.2. The lowest BCUT2D eigenvalue weighted by molar-refractivity contribution is 0.115. The molecule has 108 valence electrons. The SMILES string of the molecule is CC1(C)C2CCC1(C)C(NC1CCN(C3CC3)C1)C2. The molecule has 4 aliphatic rings. The maximum atomic E-state index is 4.08. The van der Waals surface area contributed by atoms with Crippen molar-refractivity contribution in [3.63, 3.8) is 0 Å². The van der Waals surface area contributed by atoms with Crippen LogP contribution in [0.4, 0.5) is 0 Å². The van der Waals surface area contributed by atoms with Crippen LogP contribution in [0.3, 0.4) is 0 Å². The lowest BCUT2D eigenvalue weighted by atomic mass is 9.69. The Morgan fingerprint density at radius 1 is 1.05 bits per heavy atom. The third-order valence-electron chi connectivity index (χ3n) is 7.51. The van der Waals surface area contributed by atoms with E-state index in [-0.39, 0.29) is 0 Å². The average Bonchev–Trinajstić information content (AvgIpc) is 3.03. The highest BCUT2D eigenvalue weighted by Crippen LogP contribution is 2.65. The summed E-state index contributed by atoms with van der Waals surface area (Å²) in [5.74, 6) is 0.968. The maximum Gasteiger partial charge on any atom is 0.0210 e. The molecule has 0 radical (unpaired) electrons. The summed E-state index contributed by atoms with van der Waals surface area (Å²) in [6.07, 6.45) is 8.66. The van der Waals surface area contributed by atoms with E-state index in [0.29, 0.717) is 10.8 Å². The summed E-state index contributed by atoms with van der Waals surface area (Å²) in [4.78, 5) is 2.73. The number of hydrogen-bond acceptors (Lipinski definition) is 2. The number of nitrogens with zero attached hydrogens (tertiary/aromatic N) is 1. The Hall–Kier alpha value is -0.0800. The van der Waals surface area contributed by atoms with Crippen molar-refractivity contribution in [3.05, 3.63) is 0 Å². The van der Waals surface area contributed by atoms with Crippen molar-refractivity contribution < 1.29 is 0 Å². The van der Waals surface area contributed by atoms with Crippen LogP contribution in [0, 0.1) is 16.7 Å². The fourth-order valence-corrected chi connectivity index (χ4v) is 5.43. The number of rotatable bonds is 3. The van der Waals surface area contributed by atoms with Crippen molar-refractivity contribution in [2.75, 3.05) is 13.1 Å². The Labute approximate surface area is 118 Å². The molecule has 1 aliphatic heterocycles. The molecule has 4 fully saturated rings. The first kappa shape index (κ1) is 12.6. The van der Waals surface area contributed by atoms with Crippen LogP contribution in [0.2, 0.25) is 0 Å². The van der Waals surface area contributed by atoms with Crippen LogP contribution in [-0.2, 0) is 0 Å². The van der Waals surface area contributed by atoms with Gasteiger partial charge in [-0.1, -0.05) is 20.8 Å². The van der Waals surface area contributed by atoms with Gasteiger partial charge in [0.25, 0.3) is 0 Å². The van der Waals surface area contributed by atoms with E-state index in [4.69, 9.17) is 0 Å². The molecule has 0 aromatic heterocycles. The Kier molecular flexibility index (Phi) is 2.65. The number of hydrogen-bond donors (Lipinski definition) is 1. The largest absolute Gasteiger partial charge is 0.309 e. The van der Waals surface area contributed by atoms with E-state index in [1.807, 2.05) is 0 Å². The first-order chi connectivity index (χ1) is 9.00. The van der Waals surface area contributed by atoms with Gasteiger partial charge in [-0.2, -0.15) is 0 Å². The molecule has 0 amide bonds. The molecule has 3 aliphatic carbocycles. The van der Waals surface area contributed by atoms with Gasteiger partial charge in [0.15, 0.2) is 0 Å². The predicted octanol–water partition coefficient (Wildman–Crippen LogP) is 3.03. The van der Waals surface area contributed by atoms with Gasteiger partial charge >= 0.3 is 0 Å². The molecule has 2 heteroatoms. The highest BCUT2D eigenvalue weighted by molar-refractivity contribution is 5.13. The van der Waals surface area contributed by atoms with E-state index >= 15 is 0 Å². The summed E-state index contributed by atoms with van der Waals surface area (Å²) in [5, 5.41) is 4.08. The quantitative estimate of drug-likeness (QED) is 0.841. The minimum Gasteiger partial charge on any atom is -0.309 e. The third kappa shape index (κ3) is 1.75. The van der Waals surface area contributed by atoms with Crippen molar-refractivity contribution in [3.8, 4) is 0 Å². The Morgan fingerprint density at radius 3 is 2.42 bits per heavy atom. The molecular weight excluding hydrogens is 232 g/mol. The average molecular weight is 262 g/mol. The van der Waals surface area contributed by atoms with E-state index < -0.39 is 0 Å². The first-order valence-electron chi connectivity index (χ1n) is 8.51. The van der Waals surface area contributed by atoms with Crippen LogP contribution < -0.4 is 5.32 Å².